The molecule has 0 aliphatic carbocycles. The van der Waals surface area contributed by atoms with E-state index in [1.165, 1.54) is 37.9 Å². The molecule has 0 bridgehead atoms. The summed E-state index contributed by atoms with van der Waals surface area (Å²) in [6, 6.07) is -0.250. The van der Waals surface area contributed by atoms with Gasteiger partial charge in [0, 0.05) is 46.4 Å². The van der Waals surface area contributed by atoms with Gasteiger partial charge in [-0.3, -0.25) is 14.5 Å². The highest BCUT2D eigenvalue weighted by Crippen LogP contribution is 2.22. The molecule has 0 aromatic carbocycles. The van der Waals surface area contributed by atoms with Crippen molar-refractivity contribution in [1.29, 1.82) is 0 Å². The average molecular weight is 688 g/mol. The van der Waals surface area contributed by atoms with Crippen molar-refractivity contribution in [3.63, 3.8) is 0 Å². The van der Waals surface area contributed by atoms with Crippen LogP contribution in [0.4, 0.5) is 0 Å². The minimum Gasteiger partial charge on any atom is -0.395 e. The van der Waals surface area contributed by atoms with Gasteiger partial charge in [0.2, 0.25) is 11.8 Å². The highest BCUT2D eigenvalue weighted by molar-refractivity contribution is 5.81. The number of amides is 2. The Bertz CT molecular complexity index is 869. The van der Waals surface area contributed by atoms with E-state index in [1.807, 2.05) is 13.8 Å². The van der Waals surface area contributed by atoms with Crippen LogP contribution >= 0.6 is 0 Å². The molecule has 1 heterocycles. The van der Waals surface area contributed by atoms with Crippen LogP contribution in [0, 0.1) is 0 Å². The summed E-state index contributed by atoms with van der Waals surface area (Å²) in [5, 5.41) is 68.8. The molecule has 1 fully saturated rings. The Labute approximate surface area is 276 Å². The number of nitrogens with zero attached hydrogens (tertiary/aromatic N) is 3. The first-order valence-corrected chi connectivity index (χ1v) is 15.7. The first-order chi connectivity index (χ1) is 22.2. The van der Waals surface area contributed by atoms with Gasteiger partial charge in [0.15, 0.2) is 18.9 Å². The highest BCUT2D eigenvalue weighted by Gasteiger charge is 2.44. The molecule has 0 unspecified atom stereocenters. The highest BCUT2D eigenvalue weighted by atomic mass is 16.7. The number of hydrogen-bond donors (Lipinski definition) is 7. The minimum absolute atomic E-state index is 0.0249. The zero-order valence-electron chi connectivity index (χ0n) is 28.3. The van der Waals surface area contributed by atoms with E-state index >= 15 is 0 Å². The second-order valence-corrected chi connectivity index (χ2v) is 11.5. The van der Waals surface area contributed by atoms with Gasteiger partial charge < -0.3 is 74.0 Å². The topological polar surface area (TPSA) is 241 Å². The van der Waals surface area contributed by atoms with Gasteiger partial charge in [-0.15, -0.1) is 0 Å². The van der Waals surface area contributed by atoms with E-state index in [1.54, 1.807) is 4.90 Å². The molecule has 18 heteroatoms. The predicted molar refractivity (Wildman–Crippen MR) is 164 cm³/mol. The molecule has 278 valence electrons. The second-order valence-electron chi connectivity index (χ2n) is 11.5. The van der Waals surface area contributed by atoms with Crippen molar-refractivity contribution in [2.45, 2.75) is 89.2 Å². The maximum absolute atomic E-state index is 13.6. The lowest BCUT2D eigenvalue weighted by Crippen LogP contribution is -2.59. The summed E-state index contributed by atoms with van der Waals surface area (Å²) in [6.45, 7) is 5.28. The Morgan fingerprint density at radius 1 is 0.723 bits per heavy atom. The smallest absolute Gasteiger partial charge is 0.236 e. The third-order valence-electron chi connectivity index (χ3n) is 7.51. The second kappa shape index (κ2) is 22.9. The van der Waals surface area contributed by atoms with Crippen molar-refractivity contribution in [3.8, 4) is 0 Å². The van der Waals surface area contributed by atoms with E-state index < -0.39 is 68.0 Å². The van der Waals surface area contributed by atoms with Crippen molar-refractivity contribution in [2.75, 3.05) is 86.5 Å². The quantitative estimate of drug-likeness (QED) is 0.0477. The van der Waals surface area contributed by atoms with Gasteiger partial charge >= 0.3 is 0 Å². The Morgan fingerprint density at radius 2 is 1.19 bits per heavy atom. The normalized spacial score (nSPS) is 24.3. The molecule has 7 N–H and O–H groups in total. The largest absolute Gasteiger partial charge is 0.395 e. The van der Waals surface area contributed by atoms with Crippen LogP contribution in [0.1, 0.15) is 27.7 Å². The molecule has 1 rings (SSSR count). The summed E-state index contributed by atoms with van der Waals surface area (Å²) >= 11 is 0. The fourth-order valence-electron chi connectivity index (χ4n) is 4.66. The monoisotopic (exact) mass is 687 g/mol. The third kappa shape index (κ3) is 14.8. The molecule has 0 saturated carbocycles. The Balaban J connectivity index is 2.96. The number of rotatable bonds is 24. The van der Waals surface area contributed by atoms with E-state index in [0.29, 0.717) is 0 Å². The van der Waals surface area contributed by atoms with Gasteiger partial charge in [-0.25, -0.2) is 0 Å². The number of aliphatic hydroxyl groups excluding tert-OH is 7. The molecule has 9 atom stereocenters. The molecule has 1 aliphatic heterocycles. The average Bonchev–Trinajstić information content (AvgIpc) is 3.02. The van der Waals surface area contributed by atoms with Crippen molar-refractivity contribution in [1.82, 2.24) is 14.7 Å². The first kappa shape index (κ1) is 43.4. The van der Waals surface area contributed by atoms with E-state index in [0.717, 1.165) is 0 Å². The maximum Gasteiger partial charge on any atom is 0.236 e. The SMILES string of the molecule is CO[C@H](OCCN(CCO)C(=O)CN(CC(=O)N(CCO[C@H]1O[C@H](CO)[C@@H](O)[C@H](O)[C@@H]1O)CCO[C@@H](OC)[C@H](C)O)C(C)C)[C@H](C)O. The molecule has 0 aromatic heterocycles. The van der Waals surface area contributed by atoms with Crippen molar-refractivity contribution in [3.05, 3.63) is 0 Å². The molecule has 47 heavy (non-hydrogen) atoms. The van der Waals surface area contributed by atoms with E-state index in [-0.39, 0.29) is 77.6 Å². The molecule has 2 amide bonds. The minimum atomic E-state index is -1.63. The Hall–Kier alpha value is -1.62. The van der Waals surface area contributed by atoms with Crippen LogP contribution in [0.5, 0.6) is 0 Å². The van der Waals surface area contributed by atoms with Crippen LogP contribution in [0.3, 0.4) is 0 Å². The van der Waals surface area contributed by atoms with Crippen molar-refractivity contribution >= 4 is 11.8 Å². The van der Waals surface area contributed by atoms with Crippen LogP contribution in [-0.2, 0) is 38.0 Å². The summed E-state index contributed by atoms with van der Waals surface area (Å²) in [6.07, 6.45) is -11.0. The van der Waals surface area contributed by atoms with Crippen molar-refractivity contribution < 1.29 is 73.8 Å². The predicted octanol–water partition coefficient (Wildman–Crippen LogP) is -4.10. The van der Waals surface area contributed by atoms with Gasteiger partial charge in [0.05, 0.1) is 46.1 Å². The summed E-state index contributed by atoms with van der Waals surface area (Å²) in [7, 11) is 2.74. The van der Waals surface area contributed by atoms with Gasteiger partial charge in [-0.1, -0.05) is 0 Å². The van der Waals surface area contributed by atoms with Crippen LogP contribution < -0.4 is 0 Å². The molecule has 0 spiro atoms. The molecular formula is C29H57N3O15. The van der Waals surface area contributed by atoms with Crippen LogP contribution in [0.2, 0.25) is 0 Å². The zero-order valence-corrected chi connectivity index (χ0v) is 28.3. The van der Waals surface area contributed by atoms with Crippen LogP contribution in [0.15, 0.2) is 0 Å². The fraction of sp³-hybridized carbons (Fsp3) is 0.931. The lowest BCUT2D eigenvalue weighted by molar-refractivity contribution is -0.301. The number of hydrogen-bond acceptors (Lipinski definition) is 16. The number of ether oxygens (including phenoxy) is 6. The molecule has 0 radical (unpaired) electrons. The lowest BCUT2D eigenvalue weighted by atomic mass is 9.99. The molecule has 1 aliphatic rings. The molecule has 0 aromatic rings. The Morgan fingerprint density at radius 3 is 1.60 bits per heavy atom. The number of carbonyl (C=O) groups is 2. The number of carbonyl (C=O) groups excluding carboxylic acids is 2. The zero-order chi connectivity index (χ0) is 35.7. The summed E-state index contributed by atoms with van der Waals surface area (Å²) in [5.41, 5.74) is 0. The van der Waals surface area contributed by atoms with Gasteiger partial charge in [0.1, 0.15) is 36.6 Å². The summed E-state index contributed by atoms with van der Waals surface area (Å²) in [4.78, 5) is 31.2. The number of aliphatic hydroxyl groups is 7. The van der Waals surface area contributed by atoms with Gasteiger partial charge in [-0.2, -0.15) is 0 Å². The first-order valence-electron chi connectivity index (χ1n) is 15.7. The van der Waals surface area contributed by atoms with E-state index in [9.17, 15) is 45.3 Å². The lowest BCUT2D eigenvalue weighted by Gasteiger charge is -2.39. The fourth-order valence-corrected chi connectivity index (χ4v) is 4.66. The van der Waals surface area contributed by atoms with E-state index in [2.05, 4.69) is 0 Å². The molecular weight excluding hydrogens is 630 g/mol. The standard InChI is InChI=1S/C29H57N3O15/c1-18(2)32(15-22(37)30(7-11-33)8-12-44-27(42-5)19(3)35)16-23(38)31(9-13-45-28(43-6)20(4)36)10-14-46-29-26(41)25(40)24(39)21(17-34)47-29/h18-21,24-29,33-36,39-41H,7-17H2,1-6H3/t19-,20-,21+,24+,25-,26-,27+,28+,29-/m0/s1. The Kier molecular flexibility index (Phi) is 21.2. The van der Waals surface area contributed by atoms with Crippen LogP contribution in [-0.4, -0.2) is 210 Å². The molecule has 1 saturated heterocycles. The van der Waals surface area contributed by atoms with Crippen molar-refractivity contribution in [2.24, 2.45) is 0 Å². The van der Waals surface area contributed by atoms with Gasteiger partial charge in [0.25, 0.3) is 0 Å². The summed E-state index contributed by atoms with van der Waals surface area (Å²) in [5.74, 6) is -0.772. The number of methoxy groups -OCH3 is 2. The maximum atomic E-state index is 13.6. The van der Waals surface area contributed by atoms with E-state index in [4.69, 9.17) is 28.4 Å². The molecule has 18 nitrogen and oxygen atoms in total. The summed E-state index contributed by atoms with van der Waals surface area (Å²) < 4.78 is 32.1. The third-order valence-corrected chi connectivity index (χ3v) is 7.51. The van der Waals surface area contributed by atoms with Gasteiger partial charge in [-0.05, 0) is 27.7 Å². The van der Waals surface area contributed by atoms with Crippen LogP contribution in [0.25, 0.3) is 0 Å².